The van der Waals surface area contributed by atoms with Crippen molar-refractivity contribution >= 4 is 27.5 Å². The molecule has 0 radical (unpaired) electrons. The van der Waals surface area contributed by atoms with Crippen LogP contribution < -0.4 is 10.2 Å². The lowest BCUT2D eigenvalue weighted by molar-refractivity contribution is -0.126. The van der Waals surface area contributed by atoms with Crippen LogP contribution in [0.1, 0.15) is 33.3 Å². The van der Waals surface area contributed by atoms with Gasteiger partial charge in [-0.25, -0.2) is 0 Å². The topological polar surface area (TPSA) is 32.3 Å². The highest BCUT2D eigenvalue weighted by Gasteiger charge is 2.44. The van der Waals surface area contributed by atoms with E-state index in [2.05, 4.69) is 35.1 Å². The largest absolute Gasteiger partial charge is 0.308 e. The highest BCUT2D eigenvalue weighted by Crippen LogP contribution is 2.33. The molecule has 19 heavy (non-hydrogen) atoms. The molecule has 0 aliphatic carbocycles. The first-order valence-corrected chi connectivity index (χ1v) is 7.29. The number of carbonyl (C=O) groups excluding carboxylic acids is 1. The summed E-state index contributed by atoms with van der Waals surface area (Å²) in [5, 5.41) is 3.41. The molecule has 104 valence electrons. The Morgan fingerprint density at radius 2 is 1.89 bits per heavy atom. The highest BCUT2D eigenvalue weighted by atomic mass is 79.9. The van der Waals surface area contributed by atoms with E-state index in [1.807, 2.05) is 43.9 Å². The minimum absolute atomic E-state index is 0.108. The smallest absolute Gasteiger partial charge is 0.246 e. The number of hydrogen-bond acceptors (Lipinski definition) is 2. The number of nitrogens with zero attached hydrogens (tertiary/aromatic N) is 1. The van der Waals surface area contributed by atoms with Gasteiger partial charge >= 0.3 is 0 Å². The van der Waals surface area contributed by atoms with Crippen LogP contribution in [0, 0.1) is 6.92 Å². The van der Waals surface area contributed by atoms with Gasteiger partial charge in [-0.3, -0.25) is 10.1 Å². The van der Waals surface area contributed by atoms with Crippen molar-refractivity contribution in [2.45, 2.75) is 45.7 Å². The Balaban J connectivity index is 2.45. The molecule has 1 fully saturated rings. The molecule has 0 aromatic heterocycles. The van der Waals surface area contributed by atoms with E-state index < -0.39 is 5.54 Å². The van der Waals surface area contributed by atoms with Gasteiger partial charge in [-0.1, -0.05) is 6.07 Å². The summed E-state index contributed by atoms with van der Waals surface area (Å²) in [5.74, 6) is 0.108. The van der Waals surface area contributed by atoms with Crippen LogP contribution in [0.3, 0.4) is 0 Å². The number of halogens is 1. The number of rotatable bonds is 1. The zero-order valence-corrected chi connectivity index (χ0v) is 13.8. The highest BCUT2D eigenvalue weighted by molar-refractivity contribution is 9.10. The summed E-state index contributed by atoms with van der Waals surface area (Å²) in [6.45, 7) is 10.8. The molecule has 1 saturated heterocycles. The van der Waals surface area contributed by atoms with Crippen LogP contribution in [0.4, 0.5) is 5.69 Å². The zero-order chi connectivity index (χ0) is 14.4. The van der Waals surface area contributed by atoms with Gasteiger partial charge in [0.1, 0.15) is 0 Å². The van der Waals surface area contributed by atoms with Gasteiger partial charge in [0.25, 0.3) is 0 Å². The van der Waals surface area contributed by atoms with Crippen molar-refractivity contribution in [1.29, 1.82) is 0 Å². The summed E-state index contributed by atoms with van der Waals surface area (Å²) in [7, 11) is 0. The van der Waals surface area contributed by atoms with E-state index >= 15 is 0 Å². The molecule has 2 rings (SSSR count). The Morgan fingerprint density at radius 1 is 1.26 bits per heavy atom. The predicted molar refractivity (Wildman–Crippen MR) is 82.5 cm³/mol. The van der Waals surface area contributed by atoms with E-state index in [0.29, 0.717) is 6.54 Å². The Bertz CT molecular complexity index is 523. The molecular weight excluding hydrogens is 304 g/mol. The van der Waals surface area contributed by atoms with Crippen LogP contribution >= 0.6 is 15.9 Å². The van der Waals surface area contributed by atoms with Gasteiger partial charge in [0.2, 0.25) is 5.91 Å². The van der Waals surface area contributed by atoms with E-state index in [1.165, 1.54) is 5.56 Å². The van der Waals surface area contributed by atoms with Crippen LogP contribution in [0.15, 0.2) is 22.7 Å². The number of hydrogen-bond donors (Lipinski definition) is 1. The van der Waals surface area contributed by atoms with Crippen molar-refractivity contribution in [2.75, 3.05) is 11.4 Å². The third kappa shape index (κ3) is 2.84. The first-order valence-electron chi connectivity index (χ1n) is 6.50. The lowest BCUT2D eigenvalue weighted by Gasteiger charge is -2.47. The standard InChI is InChI=1S/C15H21BrN2O/c1-10-6-7-12(11(16)8-10)18-9-14(2,3)17-15(4,5)13(18)19/h6-8,17H,9H2,1-5H3. The number of aryl methyl sites for hydroxylation is 1. The van der Waals surface area contributed by atoms with Crippen LogP contribution in [-0.4, -0.2) is 23.5 Å². The molecule has 1 aliphatic rings. The Labute approximate surface area is 123 Å². The monoisotopic (exact) mass is 324 g/mol. The van der Waals surface area contributed by atoms with Gasteiger partial charge in [0, 0.05) is 16.6 Å². The minimum atomic E-state index is -0.550. The number of piperazine rings is 1. The number of anilines is 1. The molecule has 4 heteroatoms. The molecule has 0 spiro atoms. The lowest BCUT2D eigenvalue weighted by atomic mass is 9.90. The molecule has 0 saturated carbocycles. The summed E-state index contributed by atoms with van der Waals surface area (Å²) in [6.07, 6.45) is 0. The molecule has 1 aliphatic heterocycles. The third-order valence-electron chi connectivity index (χ3n) is 3.38. The summed E-state index contributed by atoms with van der Waals surface area (Å²) < 4.78 is 0.967. The van der Waals surface area contributed by atoms with Crippen LogP contribution in [0.25, 0.3) is 0 Å². The summed E-state index contributed by atoms with van der Waals surface area (Å²) in [5.41, 5.74) is 1.46. The maximum atomic E-state index is 12.6. The van der Waals surface area contributed by atoms with Crippen molar-refractivity contribution in [3.63, 3.8) is 0 Å². The molecule has 1 amide bonds. The van der Waals surface area contributed by atoms with Crippen molar-refractivity contribution in [3.05, 3.63) is 28.2 Å². The molecule has 0 atom stereocenters. The van der Waals surface area contributed by atoms with Crippen molar-refractivity contribution in [1.82, 2.24) is 5.32 Å². The normalized spacial score (nSPS) is 21.6. The Hall–Kier alpha value is -0.870. The van der Waals surface area contributed by atoms with Crippen LogP contribution in [0.5, 0.6) is 0 Å². The zero-order valence-electron chi connectivity index (χ0n) is 12.2. The SMILES string of the molecule is Cc1ccc(N2CC(C)(C)NC(C)(C)C2=O)c(Br)c1. The predicted octanol–water partition coefficient (Wildman–Crippen LogP) is 3.25. The lowest BCUT2D eigenvalue weighted by Crippen LogP contribution is -2.70. The molecule has 0 bridgehead atoms. The van der Waals surface area contributed by atoms with Crippen molar-refractivity contribution in [2.24, 2.45) is 0 Å². The fraction of sp³-hybridized carbons (Fsp3) is 0.533. The summed E-state index contributed by atoms with van der Waals surface area (Å²) in [4.78, 5) is 14.5. The fourth-order valence-electron chi connectivity index (χ4n) is 2.77. The van der Waals surface area contributed by atoms with E-state index in [9.17, 15) is 4.79 Å². The first-order chi connectivity index (χ1) is 8.62. The van der Waals surface area contributed by atoms with E-state index in [-0.39, 0.29) is 11.4 Å². The van der Waals surface area contributed by atoms with E-state index in [0.717, 1.165) is 10.2 Å². The van der Waals surface area contributed by atoms with Gasteiger partial charge in [-0.2, -0.15) is 0 Å². The number of carbonyl (C=O) groups is 1. The quantitative estimate of drug-likeness (QED) is 0.860. The van der Waals surface area contributed by atoms with Crippen LogP contribution in [0.2, 0.25) is 0 Å². The minimum Gasteiger partial charge on any atom is -0.308 e. The molecule has 1 N–H and O–H groups in total. The number of nitrogens with one attached hydrogen (secondary N) is 1. The molecule has 1 heterocycles. The summed E-state index contributed by atoms with van der Waals surface area (Å²) >= 11 is 3.57. The average Bonchev–Trinajstić information content (AvgIpc) is 2.22. The van der Waals surface area contributed by atoms with Gasteiger partial charge in [-0.15, -0.1) is 0 Å². The Morgan fingerprint density at radius 3 is 2.47 bits per heavy atom. The first kappa shape index (κ1) is 14.5. The van der Waals surface area contributed by atoms with Crippen molar-refractivity contribution in [3.8, 4) is 0 Å². The molecule has 1 aromatic carbocycles. The van der Waals surface area contributed by atoms with E-state index in [4.69, 9.17) is 0 Å². The molecule has 3 nitrogen and oxygen atoms in total. The van der Waals surface area contributed by atoms with Gasteiger partial charge in [0.05, 0.1) is 11.2 Å². The third-order valence-corrected chi connectivity index (χ3v) is 4.01. The second-order valence-electron chi connectivity index (χ2n) is 6.48. The van der Waals surface area contributed by atoms with Gasteiger partial charge < -0.3 is 4.90 Å². The molecule has 1 aromatic rings. The Kier molecular flexibility index (Phi) is 3.52. The maximum absolute atomic E-state index is 12.6. The second-order valence-corrected chi connectivity index (χ2v) is 7.33. The van der Waals surface area contributed by atoms with Crippen LogP contribution in [-0.2, 0) is 4.79 Å². The molecule has 0 unspecified atom stereocenters. The summed E-state index contributed by atoms with van der Waals surface area (Å²) in [6, 6.07) is 6.09. The molecular formula is C15H21BrN2O. The fourth-order valence-corrected chi connectivity index (χ4v) is 3.48. The van der Waals surface area contributed by atoms with Gasteiger partial charge in [0.15, 0.2) is 0 Å². The van der Waals surface area contributed by atoms with Crippen molar-refractivity contribution < 1.29 is 4.79 Å². The second kappa shape index (κ2) is 4.60. The average molecular weight is 325 g/mol. The van der Waals surface area contributed by atoms with Gasteiger partial charge in [-0.05, 0) is 68.2 Å². The maximum Gasteiger partial charge on any atom is 0.246 e. The number of benzene rings is 1. The number of amides is 1. The van der Waals surface area contributed by atoms with E-state index in [1.54, 1.807) is 0 Å².